The number of hydrogen-bond acceptors (Lipinski definition) is 5. The number of carbonyl (C=O) groups excluding carboxylic acids is 1. The number of furan rings is 1. The van der Waals surface area contributed by atoms with Gasteiger partial charge in [-0.2, -0.15) is 0 Å². The van der Waals surface area contributed by atoms with E-state index in [9.17, 15) is 9.59 Å². The maximum atomic E-state index is 12.9. The predicted octanol–water partition coefficient (Wildman–Crippen LogP) is 2.82. The van der Waals surface area contributed by atoms with Gasteiger partial charge in [0.1, 0.15) is 17.6 Å². The molecular formula is C22H21N3O4. The first-order chi connectivity index (χ1) is 14.2. The summed E-state index contributed by atoms with van der Waals surface area (Å²) < 4.78 is 12.1. The number of para-hydroxylation sites is 1. The summed E-state index contributed by atoms with van der Waals surface area (Å²) in [4.78, 5) is 31.8. The van der Waals surface area contributed by atoms with Crippen LogP contribution in [0.5, 0.6) is 0 Å². The molecule has 29 heavy (non-hydrogen) atoms. The van der Waals surface area contributed by atoms with Crippen LogP contribution in [-0.4, -0.2) is 40.6 Å². The van der Waals surface area contributed by atoms with Gasteiger partial charge in [-0.1, -0.05) is 42.5 Å². The van der Waals surface area contributed by atoms with Crippen molar-refractivity contribution in [2.45, 2.75) is 13.1 Å². The number of amides is 1. The molecule has 0 aliphatic carbocycles. The lowest BCUT2D eigenvalue weighted by atomic mass is 10.2. The van der Waals surface area contributed by atoms with Crippen LogP contribution in [0.4, 0.5) is 0 Å². The Labute approximate surface area is 167 Å². The van der Waals surface area contributed by atoms with Crippen molar-refractivity contribution in [3.63, 3.8) is 0 Å². The van der Waals surface area contributed by atoms with Gasteiger partial charge in [-0.05, 0) is 17.7 Å². The monoisotopic (exact) mass is 391 g/mol. The predicted molar refractivity (Wildman–Crippen MR) is 110 cm³/mol. The molecule has 1 amide bonds. The average molecular weight is 391 g/mol. The van der Waals surface area contributed by atoms with E-state index in [0.29, 0.717) is 30.8 Å². The largest absolute Gasteiger partial charge is 0.448 e. The fourth-order valence-corrected chi connectivity index (χ4v) is 3.27. The van der Waals surface area contributed by atoms with E-state index in [4.69, 9.17) is 9.15 Å². The minimum Gasteiger partial charge on any atom is -0.448 e. The van der Waals surface area contributed by atoms with E-state index in [1.807, 2.05) is 48.5 Å². The zero-order chi connectivity index (χ0) is 20.2. The highest BCUT2D eigenvalue weighted by Crippen LogP contribution is 2.24. The van der Waals surface area contributed by atoms with Crippen molar-refractivity contribution >= 4 is 28.0 Å². The summed E-state index contributed by atoms with van der Waals surface area (Å²) in [5.41, 5.74) is 1.91. The minimum absolute atomic E-state index is 0.116. The Hall–Kier alpha value is -3.45. The Balaban J connectivity index is 1.61. The van der Waals surface area contributed by atoms with Crippen LogP contribution in [0.3, 0.4) is 0 Å². The molecule has 7 heteroatoms. The Kier molecular flexibility index (Phi) is 5.39. The van der Waals surface area contributed by atoms with Crippen LogP contribution >= 0.6 is 0 Å². The number of ether oxygens (including phenoxy) is 1. The molecule has 0 aliphatic rings. The van der Waals surface area contributed by atoms with Gasteiger partial charge in [0, 0.05) is 25.6 Å². The number of nitrogens with zero attached hydrogens (tertiary/aromatic N) is 3. The number of carbonyl (C=O) groups is 1. The number of methoxy groups -OCH3 is 1. The Morgan fingerprint density at radius 2 is 1.90 bits per heavy atom. The highest BCUT2D eigenvalue weighted by Gasteiger charge is 2.18. The highest BCUT2D eigenvalue weighted by atomic mass is 16.5. The van der Waals surface area contributed by atoms with Gasteiger partial charge < -0.3 is 14.1 Å². The van der Waals surface area contributed by atoms with Gasteiger partial charge in [0.15, 0.2) is 0 Å². The van der Waals surface area contributed by atoms with Crippen LogP contribution in [0.1, 0.15) is 5.56 Å². The van der Waals surface area contributed by atoms with Crippen molar-refractivity contribution in [2.75, 3.05) is 20.3 Å². The third-order valence-electron chi connectivity index (χ3n) is 4.79. The number of hydrogen-bond donors (Lipinski definition) is 0. The van der Waals surface area contributed by atoms with E-state index in [1.54, 1.807) is 18.1 Å². The molecule has 2 heterocycles. The van der Waals surface area contributed by atoms with Crippen LogP contribution < -0.4 is 5.56 Å². The number of fused-ring (bicyclic) bond motifs is 3. The Bertz CT molecular complexity index is 1200. The maximum Gasteiger partial charge on any atom is 0.297 e. The normalized spacial score (nSPS) is 11.2. The molecule has 0 N–H and O–H groups in total. The molecule has 0 radical (unpaired) electrons. The minimum atomic E-state index is -0.369. The second-order valence-corrected chi connectivity index (χ2v) is 6.75. The summed E-state index contributed by atoms with van der Waals surface area (Å²) in [6.45, 7) is 1.17. The summed E-state index contributed by atoms with van der Waals surface area (Å²) in [5.74, 6) is -0.190. The molecule has 0 saturated carbocycles. The molecule has 148 valence electrons. The molecule has 0 atom stereocenters. The van der Waals surface area contributed by atoms with Gasteiger partial charge >= 0.3 is 0 Å². The van der Waals surface area contributed by atoms with E-state index in [-0.39, 0.29) is 23.6 Å². The molecule has 4 aromatic rings. The number of benzene rings is 2. The van der Waals surface area contributed by atoms with Crippen LogP contribution in [0.25, 0.3) is 22.1 Å². The van der Waals surface area contributed by atoms with Crippen molar-refractivity contribution in [3.8, 4) is 0 Å². The average Bonchev–Trinajstić information content (AvgIpc) is 3.13. The van der Waals surface area contributed by atoms with Crippen molar-refractivity contribution < 1.29 is 13.9 Å². The first-order valence-corrected chi connectivity index (χ1v) is 9.34. The summed E-state index contributed by atoms with van der Waals surface area (Å²) in [6.07, 6.45) is 1.40. The van der Waals surface area contributed by atoms with Crippen LogP contribution in [0.2, 0.25) is 0 Å². The highest BCUT2D eigenvalue weighted by molar-refractivity contribution is 6.01. The van der Waals surface area contributed by atoms with E-state index >= 15 is 0 Å². The van der Waals surface area contributed by atoms with E-state index in [2.05, 4.69) is 4.98 Å². The van der Waals surface area contributed by atoms with Gasteiger partial charge in [0.2, 0.25) is 11.5 Å². The van der Waals surface area contributed by atoms with Gasteiger partial charge in [-0.25, -0.2) is 4.98 Å². The second-order valence-electron chi connectivity index (χ2n) is 6.75. The SMILES string of the molecule is COCCN(Cc1ccccc1)C(=O)Cn1cnc2c(oc3ccccc32)c1=O. The molecule has 4 rings (SSSR count). The molecule has 2 aromatic heterocycles. The molecule has 2 aromatic carbocycles. The van der Waals surface area contributed by atoms with E-state index < -0.39 is 0 Å². The van der Waals surface area contributed by atoms with Gasteiger partial charge in [-0.3, -0.25) is 14.2 Å². The lowest BCUT2D eigenvalue weighted by molar-refractivity contribution is -0.133. The van der Waals surface area contributed by atoms with Crippen molar-refractivity contribution in [3.05, 3.63) is 76.8 Å². The maximum absolute atomic E-state index is 12.9. The smallest absolute Gasteiger partial charge is 0.297 e. The first kappa shape index (κ1) is 18.9. The molecule has 0 fully saturated rings. The van der Waals surface area contributed by atoms with Gasteiger partial charge in [-0.15, -0.1) is 0 Å². The molecular weight excluding hydrogens is 370 g/mol. The molecule has 0 spiro atoms. The summed E-state index contributed by atoms with van der Waals surface area (Å²) in [7, 11) is 1.59. The lowest BCUT2D eigenvalue weighted by Crippen LogP contribution is -2.38. The van der Waals surface area contributed by atoms with Crippen LogP contribution in [0.15, 0.2) is 70.1 Å². The summed E-state index contributed by atoms with van der Waals surface area (Å²) >= 11 is 0. The zero-order valence-corrected chi connectivity index (χ0v) is 16.1. The van der Waals surface area contributed by atoms with E-state index in [1.165, 1.54) is 10.9 Å². The first-order valence-electron chi connectivity index (χ1n) is 9.34. The standard InChI is InChI=1S/C22H21N3O4/c1-28-12-11-24(13-16-7-3-2-4-8-16)19(26)14-25-15-23-20-17-9-5-6-10-18(17)29-21(20)22(25)27/h2-10,15H,11-14H2,1H3. The number of rotatable bonds is 7. The molecule has 0 bridgehead atoms. The van der Waals surface area contributed by atoms with Gasteiger partial charge in [0.25, 0.3) is 5.56 Å². The van der Waals surface area contributed by atoms with Crippen molar-refractivity contribution in [2.24, 2.45) is 0 Å². The number of aromatic nitrogens is 2. The summed E-state index contributed by atoms with van der Waals surface area (Å²) in [6, 6.07) is 17.1. The fourth-order valence-electron chi connectivity index (χ4n) is 3.27. The zero-order valence-electron chi connectivity index (χ0n) is 16.1. The fraction of sp³-hybridized carbons (Fsp3) is 0.227. The van der Waals surface area contributed by atoms with Crippen LogP contribution in [-0.2, 0) is 22.6 Å². The summed E-state index contributed by atoms with van der Waals surface area (Å²) in [5, 5.41) is 0.781. The van der Waals surface area contributed by atoms with Crippen molar-refractivity contribution in [1.29, 1.82) is 0 Å². The van der Waals surface area contributed by atoms with E-state index in [0.717, 1.165) is 10.9 Å². The third kappa shape index (κ3) is 3.90. The second kappa shape index (κ2) is 8.28. The molecule has 0 unspecified atom stereocenters. The Morgan fingerprint density at radius 3 is 2.69 bits per heavy atom. The quantitative estimate of drug-likeness (QED) is 0.484. The lowest BCUT2D eigenvalue weighted by Gasteiger charge is -2.23. The molecule has 7 nitrogen and oxygen atoms in total. The van der Waals surface area contributed by atoms with Gasteiger partial charge in [0.05, 0.1) is 12.9 Å². The van der Waals surface area contributed by atoms with Crippen LogP contribution in [0, 0.1) is 0 Å². The third-order valence-corrected chi connectivity index (χ3v) is 4.79. The molecule has 0 aliphatic heterocycles. The topological polar surface area (TPSA) is 77.6 Å². The Morgan fingerprint density at radius 1 is 1.14 bits per heavy atom. The molecule has 0 saturated heterocycles. The van der Waals surface area contributed by atoms with Crippen molar-refractivity contribution in [1.82, 2.24) is 14.5 Å².